The molecule has 0 bridgehead atoms. The number of alkyl halides is 1. The van der Waals surface area contributed by atoms with Crippen molar-refractivity contribution in [1.29, 1.82) is 0 Å². The predicted molar refractivity (Wildman–Crippen MR) is 64.0 cm³/mol. The van der Waals surface area contributed by atoms with E-state index in [1.54, 1.807) is 22.7 Å². The van der Waals surface area contributed by atoms with Crippen molar-refractivity contribution in [2.24, 2.45) is 0 Å². The molecule has 2 aromatic heterocycles. The van der Waals surface area contributed by atoms with Crippen LogP contribution >= 0.6 is 50.2 Å². The quantitative estimate of drug-likeness (QED) is 0.691. The highest BCUT2D eigenvalue weighted by molar-refractivity contribution is 9.11. The summed E-state index contributed by atoms with van der Waals surface area (Å²) in [6, 6.07) is 6.15. The number of hydrogen-bond donors (Lipinski definition) is 0. The second kappa shape index (κ2) is 4.13. The SMILES string of the molecule is ClC(c1ccsc1)c1ccc(Br)s1. The van der Waals surface area contributed by atoms with Crippen LogP contribution in [-0.4, -0.2) is 0 Å². The van der Waals surface area contributed by atoms with Crippen LogP contribution in [0.15, 0.2) is 32.7 Å². The first-order valence-electron chi connectivity index (χ1n) is 3.69. The Morgan fingerprint density at radius 2 is 2.15 bits per heavy atom. The van der Waals surface area contributed by atoms with Crippen molar-refractivity contribution in [2.75, 3.05) is 0 Å². The van der Waals surface area contributed by atoms with Crippen LogP contribution in [0.1, 0.15) is 15.8 Å². The highest BCUT2D eigenvalue weighted by Gasteiger charge is 2.12. The Labute approximate surface area is 98.3 Å². The molecule has 0 aliphatic carbocycles. The van der Waals surface area contributed by atoms with E-state index in [0.29, 0.717) is 0 Å². The van der Waals surface area contributed by atoms with Crippen LogP contribution in [0, 0.1) is 0 Å². The average molecular weight is 294 g/mol. The standard InChI is InChI=1S/C9H6BrClS2/c10-8-2-1-7(13-8)9(11)6-3-4-12-5-6/h1-5,9H. The van der Waals surface area contributed by atoms with Crippen LogP contribution in [0.4, 0.5) is 0 Å². The fourth-order valence-electron chi connectivity index (χ4n) is 1.05. The Kier molecular flexibility index (Phi) is 3.09. The molecule has 0 aliphatic rings. The van der Waals surface area contributed by atoms with Gasteiger partial charge in [0.25, 0.3) is 0 Å². The molecule has 68 valence electrons. The molecule has 0 amide bonds. The molecule has 0 spiro atoms. The van der Waals surface area contributed by atoms with Crippen LogP contribution in [-0.2, 0) is 0 Å². The lowest BCUT2D eigenvalue weighted by atomic mass is 10.2. The van der Waals surface area contributed by atoms with E-state index in [1.807, 2.05) is 11.4 Å². The molecule has 2 aromatic rings. The van der Waals surface area contributed by atoms with Crippen molar-refractivity contribution in [3.05, 3.63) is 43.2 Å². The third-order valence-electron chi connectivity index (χ3n) is 1.68. The maximum atomic E-state index is 6.28. The normalized spacial score (nSPS) is 13.1. The van der Waals surface area contributed by atoms with E-state index in [2.05, 4.69) is 33.4 Å². The van der Waals surface area contributed by atoms with E-state index in [-0.39, 0.29) is 5.38 Å². The molecule has 2 rings (SSSR count). The van der Waals surface area contributed by atoms with Crippen molar-refractivity contribution >= 4 is 50.2 Å². The minimum atomic E-state index is 0.00236. The van der Waals surface area contributed by atoms with Crippen molar-refractivity contribution in [2.45, 2.75) is 5.38 Å². The zero-order valence-electron chi connectivity index (χ0n) is 6.54. The summed E-state index contributed by atoms with van der Waals surface area (Å²) in [7, 11) is 0. The Hall–Kier alpha value is 0.170. The van der Waals surface area contributed by atoms with Crippen LogP contribution in [0.5, 0.6) is 0 Å². The minimum Gasteiger partial charge on any atom is -0.152 e. The van der Waals surface area contributed by atoms with Crippen LogP contribution in [0.2, 0.25) is 0 Å². The van der Waals surface area contributed by atoms with Gasteiger partial charge in [0, 0.05) is 4.88 Å². The van der Waals surface area contributed by atoms with Gasteiger partial charge in [-0.15, -0.1) is 22.9 Å². The van der Waals surface area contributed by atoms with Gasteiger partial charge in [0.2, 0.25) is 0 Å². The van der Waals surface area contributed by atoms with Crippen molar-refractivity contribution in [3.63, 3.8) is 0 Å². The zero-order chi connectivity index (χ0) is 9.26. The summed E-state index contributed by atoms with van der Waals surface area (Å²) in [5.74, 6) is 0. The largest absolute Gasteiger partial charge is 0.152 e. The molecular formula is C9H6BrClS2. The van der Waals surface area contributed by atoms with Crippen molar-refractivity contribution < 1.29 is 0 Å². The van der Waals surface area contributed by atoms with Gasteiger partial charge in [-0.25, -0.2) is 0 Å². The lowest BCUT2D eigenvalue weighted by Crippen LogP contribution is -1.85. The second-order valence-corrected chi connectivity index (χ2v) is 6.27. The topological polar surface area (TPSA) is 0 Å². The molecule has 0 saturated heterocycles. The maximum absolute atomic E-state index is 6.28. The minimum absolute atomic E-state index is 0.00236. The van der Waals surface area contributed by atoms with E-state index in [4.69, 9.17) is 11.6 Å². The van der Waals surface area contributed by atoms with Crippen molar-refractivity contribution in [1.82, 2.24) is 0 Å². The summed E-state index contributed by atoms with van der Waals surface area (Å²) in [6.07, 6.45) is 0. The molecule has 0 radical (unpaired) electrons. The van der Waals surface area contributed by atoms with E-state index >= 15 is 0 Å². The van der Waals surface area contributed by atoms with Crippen molar-refractivity contribution in [3.8, 4) is 0 Å². The summed E-state index contributed by atoms with van der Waals surface area (Å²) in [5, 5.41) is 4.14. The molecular weight excluding hydrogens is 288 g/mol. The van der Waals surface area contributed by atoms with Gasteiger partial charge in [0.15, 0.2) is 0 Å². The maximum Gasteiger partial charge on any atom is 0.0936 e. The third-order valence-corrected chi connectivity index (χ3v) is 4.69. The van der Waals surface area contributed by atoms with Gasteiger partial charge in [0.05, 0.1) is 9.16 Å². The lowest BCUT2D eigenvalue weighted by molar-refractivity contribution is 1.20. The number of halogens is 2. The first kappa shape index (κ1) is 9.71. The molecule has 1 atom stereocenters. The smallest absolute Gasteiger partial charge is 0.0936 e. The summed E-state index contributed by atoms with van der Waals surface area (Å²) in [6.45, 7) is 0. The third kappa shape index (κ3) is 2.15. The summed E-state index contributed by atoms with van der Waals surface area (Å²) >= 11 is 13.1. The monoisotopic (exact) mass is 292 g/mol. The van der Waals surface area contributed by atoms with Crippen LogP contribution in [0.3, 0.4) is 0 Å². The average Bonchev–Trinajstić information content (AvgIpc) is 2.72. The van der Waals surface area contributed by atoms with Gasteiger partial charge in [-0.05, 0) is 50.5 Å². The molecule has 0 aliphatic heterocycles. The number of rotatable bonds is 2. The zero-order valence-corrected chi connectivity index (χ0v) is 10.5. The van der Waals surface area contributed by atoms with E-state index in [0.717, 1.165) is 3.79 Å². The molecule has 2 heterocycles. The lowest BCUT2D eigenvalue weighted by Gasteiger charge is -2.02. The first-order valence-corrected chi connectivity index (χ1v) is 6.67. The van der Waals surface area contributed by atoms with Crippen LogP contribution < -0.4 is 0 Å². The summed E-state index contributed by atoms with van der Waals surface area (Å²) in [4.78, 5) is 1.19. The summed E-state index contributed by atoms with van der Waals surface area (Å²) in [5.41, 5.74) is 1.18. The molecule has 0 saturated carbocycles. The fourth-order valence-corrected chi connectivity index (χ4v) is 3.58. The van der Waals surface area contributed by atoms with Crippen LogP contribution in [0.25, 0.3) is 0 Å². The molecule has 1 unspecified atom stereocenters. The van der Waals surface area contributed by atoms with Gasteiger partial charge in [-0.3, -0.25) is 0 Å². The first-order chi connectivity index (χ1) is 6.27. The molecule has 0 N–H and O–H groups in total. The van der Waals surface area contributed by atoms with Gasteiger partial charge < -0.3 is 0 Å². The molecule has 13 heavy (non-hydrogen) atoms. The highest BCUT2D eigenvalue weighted by atomic mass is 79.9. The van der Waals surface area contributed by atoms with E-state index in [9.17, 15) is 0 Å². The number of hydrogen-bond acceptors (Lipinski definition) is 2. The van der Waals surface area contributed by atoms with E-state index < -0.39 is 0 Å². The van der Waals surface area contributed by atoms with E-state index in [1.165, 1.54) is 10.4 Å². The Morgan fingerprint density at radius 1 is 1.31 bits per heavy atom. The Balaban J connectivity index is 2.28. The Morgan fingerprint density at radius 3 is 2.69 bits per heavy atom. The molecule has 0 aromatic carbocycles. The number of thiophene rings is 2. The molecule has 0 nitrogen and oxygen atoms in total. The summed E-state index contributed by atoms with van der Waals surface area (Å²) < 4.78 is 1.13. The predicted octanol–water partition coefficient (Wildman–Crippen LogP) is 4.90. The highest BCUT2D eigenvalue weighted by Crippen LogP contribution is 2.36. The molecule has 0 fully saturated rings. The van der Waals surface area contributed by atoms with Gasteiger partial charge >= 0.3 is 0 Å². The van der Waals surface area contributed by atoms with Gasteiger partial charge in [-0.2, -0.15) is 11.3 Å². The molecule has 4 heteroatoms. The Bertz CT molecular complexity index is 380. The fraction of sp³-hybridized carbons (Fsp3) is 0.111. The van der Waals surface area contributed by atoms with Gasteiger partial charge in [0.1, 0.15) is 0 Å². The van der Waals surface area contributed by atoms with Gasteiger partial charge in [-0.1, -0.05) is 0 Å². The second-order valence-electron chi connectivity index (χ2n) is 2.56.